The van der Waals surface area contributed by atoms with Crippen LogP contribution in [0.1, 0.15) is 55.9 Å². The van der Waals surface area contributed by atoms with Crippen molar-refractivity contribution in [3.63, 3.8) is 0 Å². The fourth-order valence-electron chi connectivity index (χ4n) is 1.56. The van der Waals surface area contributed by atoms with Gasteiger partial charge in [-0.05, 0) is 6.42 Å². The summed E-state index contributed by atoms with van der Waals surface area (Å²) in [5.41, 5.74) is 0.0194. The zero-order chi connectivity index (χ0) is 11.8. The molecule has 0 unspecified atom stereocenters. The van der Waals surface area contributed by atoms with Gasteiger partial charge in [-0.1, -0.05) is 44.2 Å². The standard InChI is InChI=1S/C11H19N3O2/c1-2-3-4-5-6-7-8-14-9-10(11(15)16)12-13-14/h9H,2-8H2,1H3,(H,15,16). The summed E-state index contributed by atoms with van der Waals surface area (Å²) in [6.07, 6.45) is 8.77. The van der Waals surface area contributed by atoms with Gasteiger partial charge in [-0.2, -0.15) is 0 Å². The van der Waals surface area contributed by atoms with E-state index in [4.69, 9.17) is 5.11 Å². The SMILES string of the molecule is CCCCCCCCn1cc(C(=O)O)nn1. The van der Waals surface area contributed by atoms with Crippen LogP contribution in [0.5, 0.6) is 0 Å². The fraction of sp³-hybridized carbons (Fsp3) is 0.727. The van der Waals surface area contributed by atoms with Crippen molar-refractivity contribution in [2.75, 3.05) is 0 Å². The largest absolute Gasteiger partial charge is 0.476 e. The minimum absolute atomic E-state index is 0.0194. The molecule has 1 heterocycles. The first-order valence-corrected chi connectivity index (χ1v) is 5.87. The Bertz CT molecular complexity index is 323. The number of aromatic carboxylic acids is 1. The molecule has 5 nitrogen and oxygen atoms in total. The fourth-order valence-corrected chi connectivity index (χ4v) is 1.56. The lowest BCUT2D eigenvalue weighted by atomic mass is 10.1. The van der Waals surface area contributed by atoms with E-state index in [2.05, 4.69) is 17.2 Å². The Balaban J connectivity index is 2.14. The van der Waals surface area contributed by atoms with Gasteiger partial charge in [-0.15, -0.1) is 5.10 Å². The molecule has 1 aromatic heterocycles. The third-order valence-corrected chi connectivity index (χ3v) is 2.50. The molecule has 0 aliphatic rings. The number of aromatic nitrogens is 3. The van der Waals surface area contributed by atoms with Crippen LogP contribution in [-0.2, 0) is 6.54 Å². The highest BCUT2D eigenvalue weighted by molar-refractivity contribution is 5.84. The van der Waals surface area contributed by atoms with Crippen LogP contribution in [0, 0.1) is 0 Å². The van der Waals surface area contributed by atoms with Gasteiger partial charge in [0, 0.05) is 6.54 Å². The van der Waals surface area contributed by atoms with Gasteiger partial charge in [0.25, 0.3) is 0 Å². The first-order chi connectivity index (χ1) is 7.74. The Morgan fingerprint density at radius 2 is 2.00 bits per heavy atom. The Hall–Kier alpha value is -1.39. The number of carboxylic acid groups (broad SMARTS) is 1. The molecule has 0 aromatic carbocycles. The van der Waals surface area contributed by atoms with Crippen LogP contribution in [0.15, 0.2) is 6.20 Å². The van der Waals surface area contributed by atoms with Crippen LogP contribution in [0.25, 0.3) is 0 Å². The molecular weight excluding hydrogens is 206 g/mol. The van der Waals surface area contributed by atoms with Crippen molar-refractivity contribution in [1.82, 2.24) is 15.0 Å². The van der Waals surface area contributed by atoms with Gasteiger partial charge < -0.3 is 5.11 Å². The summed E-state index contributed by atoms with van der Waals surface area (Å²) in [5, 5.41) is 16.0. The highest BCUT2D eigenvalue weighted by atomic mass is 16.4. The van der Waals surface area contributed by atoms with E-state index in [1.165, 1.54) is 38.3 Å². The zero-order valence-electron chi connectivity index (χ0n) is 9.72. The van der Waals surface area contributed by atoms with Gasteiger partial charge >= 0.3 is 5.97 Å². The molecule has 1 aromatic rings. The van der Waals surface area contributed by atoms with Crippen LogP contribution in [0.3, 0.4) is 0 Å². The van der Waals surface area contributed by atoms with E-state index in [9.17, 15) is 4.79 Å². The molecule has 0 spiro atoms. The molecule has 0 saturated heterocycles. The molecular formula is C11H19N3O2. The molecule has 0 aliphatic heterocycles. The third kappa shape index (κ3) is 4.42. The van der Waals surface area contributed by atoms with E-state index in [0.717, 1.165) is 13.0 Å². The second-order valence-electron chi connectivity index (χ2n) is 3.94. The van der Waals surface area contributed by atoms with E-state index < -0.39 is 5.97 Å². The molecule has 0 aliphatic carbocycles. The second kappa shape index (κ2) is 6.98. The number of hydrogen-bond acceptors (Lipinski definition) is 3. The molecule has 0 saturated carbocycles. The van der Waals surface area contributed by atoms with Crippen LogP contribution in [0.2, 0.25) is 0 Å². The number of hydrogen-bond donors (Lipinski definition) is 1. The summed E-state index contributed by atoms with van der Waals surface area (Å²) in [5.74, 6) is -1.02. The topological polar surface area (TPSA) is 68.0 Å². The smallest absolute Gasteiger partial charge is 0.358 e. The maximum Gasteiger partial charge on any atom is 0.358 e. The Kier molecular flexibility index (Phi) is 5.53. The van der Waals surface area contributed by atoms with Crippen molar-refractivity contribution < 1.29 is 9.90 Å². The first kappa shape index (κ1) is 12.7. The highest BCUT2D eigenvalue weighted by Gasteiger charge is 2.07. The van der Waals surface area contributed by atoms with E-state index in [1.807, 2.05) is 0 Å². The van der Waals surface area contributed by atoms with Gasteiger partial charge in [-0.25, -0.2) is 4.79 Å². The lowest BCUT2D eigenvalue weighted by Crippen LogP contribution is -1.99. The average Bonchev–Trinajstić information content (AvgIpc) is 2.72. The van der Waals surface area contributed by atoms with Gasteiger partial charge in [0.1, 0.15) is 0 Å². The summed E-state index contributed by atoms with van der Waals surface area (Å²) >= 11 is 0. The van der Waals surface area contributed by atoms with Crippen LogP contribution < -0.4 is 0 Å². The summed E-state index contributed by atoms with van der Waals surface area (Å²) < 4.78 is 1.60. The minimum Gasteiger partial charge on any atom is -0.476 e. The van der Waals surface area contributed by atoms with Crippen molar-refractivity contribution in [2.45, 2.75) is 52.0 Å². The van der Waals surface area contributed by atoms with Gasteiger partial charge in [0.2, 0.25) is 0 Å². The number of aryl methyl sites for hydroxylation is 1. The summed E-state index contributed by atoms with van der Waals surface area (Å²) in [7, 11) is 0. The molecule has 1 rings (SSSR count). The molecule has 5 heteroatoms. The van der Waals surface area contributed by atoms with Crippen molar-refractivity contribution in [2.24, 2.45) is 0 Å². The second-order valence-corrected chi connectivity index (χ2v) is 3.94. The number of carboxylic acids is 1. The molecule has 1 N–H and O–H groups in total. The normalized spacial score (nSPS) is 10.6. The molecule has 0 radical (unpaired) electrons. The quantitative estimate of drug-likeness (QED) is 0.689. The van der Waals surface area contributed by atoms with E-state index in [-0.39, 0.29) is 5.69 Å². The van der Waals surface area contributed by atoms with Crippen molar-refractivity contribution in [3.05, 3.63) is 11.9 Å². The van der Waals surface area contributed by atoms with Crippen LogP contribution in [0.4, 0.5) is 0 Å². The Morgan fingerprint density at radius 3 is 2.62 bits per heavy atom. The molecule has 16 heavy (non-hydrogen) atoms. The predicted octanol–water partition coefficient (Wildman–Crippen LogP) is 2.34. The predicted molar refractivity (Wildman–Crippen MR) is 60.4 cm³/mol. The highest BCUT2D eigenvalue weighted by Crippen LogP contribution is 2.06. The lowest BCUT2D eigenvalue weighted by Gasteiger charge is -2.00. The summed E-state index contributed by atoms with van der Waals surface area (Å²) in [6.45, 7) is 2.95. The lowest BCUT2D eigenvalue weighted by molar-refractivity contribution is 0.0690. The van der Waals surface area contributed by atoms with Gasteiger partial charge in [0.15, 0.2) is 5.69 Å². The number of nitrogens with zero attached hydrogens (tertiary/aromatic N) is 3. The molecule has 0 bridgehead atoms. The Labute approximate surface area is 95.5 Å². The molecule has 0 fully saturated rings. The number of unbranched alkanes of at least 4 members (excludes halogenated alkanes) is 5. The summed E-state index contributed by atoms with van der Waals surface area (Å²) in [6, 6.07) is 0. The molecule has 0 amide bonds. The number of rotatable bonds is 8. The van der Waals surface area contributed by atoms with E-state index in [0.29, 0.717) is 0 Å². The van der Waals surface area contributed by atoms with Crippen molar-refractivity contribution in [1.29, 1.82) is 0 Å². The average molecular weight is 225 g/mol. The Morgan fingerprint density at radius 1 is 1.31 bits per heavy atom. The number of carbonyl (C=O) groups is 1. The maximum atomic E-state index is 10.5. The minimum atomic E-state index is -1.02. The van der Waals surface area contributed by atoms with Crippen LogP contribution in [-0.4, -0.2) is 26.1 Å². The zero-order valence-corrected chi connectivity index (χ0v) is 9.72. The third-order valence-electron chi connectivity index (χ3n) is 2.50. The molecule has 0 atom stereocenters. The van der Waals surface area contributed by atoms with Crippen molar-refractivity contribution in [3.8, 4) is 0 Å². The van der Waals surface area contributed by atoms with Crippen molar-refractivity contribution >= 4 is 5.97 Å². The monoisotopic (exact) mass is 225 g/mol. The maximum absolute atomic E-state index is 10.5. The van der Waals surface area contributed by atoms with Gasteiger partial charge in [0.05, 0.1) is 6.20 Å². The summed E-state index contributed by atoms with van der Waals surface area (Å²) in [4.78, 5) is 10.5. The first-order valence-electron chi connectivity index (χ1n) is 5.87. The van der Waals surface area contributed by atoms with Crippen LogP contribution >= 0.6 is 0 Å². The van der Waals surface area contributed by atoms with E-state index in [1.54, 1.807) is 4.68 Å². The van der Waals surface area contributed by atoms with E-state index >= 15 is 0 Å². The molecule has 90 valence electrons. The van der Waals surface area contributed by atoms with Gasteiger partial charge in [-0.3, -0.25) is 4.68 Å².